The summed E-state index contributed by atoms with van der Waals surface area (Å²) in [5, 5.41) is 18.6. The standard InChI is InChI=1S/C27H29N3.C24H29N3.C22H24N2.C18H18N2/c1-18-16-19(2)26(20(3)17-18)29-27(23-13-6-7-15-28-23)22-12-8-10-21-11-9-14-24(25(21)22)30(4)5;1-17-14-18(2)23(19(3)15-17)26-24(22-12-8-9-13-25-22)21-11-7-6-10-20(21)16-27(4)5;1-16-14-17(2)21(18(3)15-16)24-22(4,19-10-6-5-7-11-19)20-12-8-9-13-23-20;1-12-10-13(2)17(14(3)11-12)20-16-8-4-6-15-7-5-9-19-18(15)16/h6-17,27,29H,1-5H3;6-15,24,26H,16H2,1-5H3;5-15,24H,1-4H3;4-11,20H,1-3H3. The van der Waals surface area contributed by atoms with Crippen molar-refractivity contribution in [1.29, 1.82) is 0 Å². The van der Waals surface area contributed by atoms with Crippen LogP contribution >= 0.6 is 0 Å². The zero-order valence-electron chi connectivity index (χ0n) is 62.2. The molecule has 0 aliphatic heterocycles. The van der Waals surface area contributed by atoms with Crippen molar-refractivity contribution in [2.45, 2.75) is 114 Å². The van der Waals surface area contributed by atoms with Crippen molar-refractivity contribution in [3.63, 3.8) is 0 Å². The quantitative estimate of drug-likeness (QED) is 0.0704. The van der Waals surface area contributed by atoms with E-state index >= 15 is 0 Å². The number of aryl methyl sites for hydroxylation is 12. The number of anilines is 6. The van der Waals surface area contributed by atoms with Gasteiger partial charge in [-0.1, -0.05) is 192 Å². The summed E-state index contributed by atoms with van der Waals surface area (Å²) in [6.45, 7) is 28.9. The number of fused-ring (bicyclic) bond motifs is 2. The van der Waals surface area contributed by atoms with Gasteiger partial charge in [-0.3, -0.25) is 19.9 Å². The number of nitrogens with zero attached hydrogens (tertiary/aromatic N) is 6. The summed E-state index contributed by atoms with van der Waals surface area (Å²) in [6, 6.07) is 78.5. The Hall–Kier alpha value is -10.9. The van der Waals surface area contributed by atoms with E-state index in [4.69, 9.17) is 4.98 Å². The molecule has 0 saturated heterocycles. The van der Waals surface area contributed by atoms with E-state index in [1.165, 1.54) is 128 Å². The summed E-state index contributed by atoms with van der Waals surface area (Å²) in [6.07, 6.45) is 7.43. The molecule has 0 radical (unpaired) electrons. The molecule has 13 rings (SSSR count). The number of nitrogens with one attached hydrogen (secondary N) is 4. The number of para-hydroxylation sites is 1. The maximum Gasteiger partial charge on any atom is 0.102 e. The topological polar surface area (TPSA) is 106 Å². The monoisotopic (exact) mass is 1330 g/mol. The van der Waals surface area contributed by atoms with Crippen molar-refractivity contribution in [1.82, 2.24) is 24.8 Å². The third-order valence-corrected chi connectivity index (χ3v) is 18.6. The molecule has 514 valence electrons. The summed E-state index contributed by atoms with van der Waals surface area (Å²) in [5.74, 6) is 0. The molecule has 0 fully saturated rings. The molecule has 101 heavy (non-hydrogen) atoms. The van der Waals surface area contributed by atoms with Crippen LogP contribution in [0.25, 0.3) is 21.7 Å². The fourth-order valence-corrected chi connectivity index (χ4v) is 14.1. The smallest absolute Gasteiger partial charge is 0.102 e. The molecule has 9 aromatic carbocycles. The van der Waals surface area contributed by atoms with Gasteiger partial charge in [-0.2, -0.15) is 0 Å². The predicted molar refractivity (Wildman–Crippen MR) is 430 cm³/mol. The molecule has 0 bridgehead atoms. The summed E-state index contributed by atoms with van der Waals surface area (Å²) < 4.78 is 0. The van der Waals surface area contributed by atoms with Crippen LogP contribution in [0.3, 0.4) is 0 Å². The van der Waals surface area contributed by atoms with Crippen molar-refractivity contribution in [3.8, 4) is 0 Å². The second-order valence-corrected chi connectivity index (χ2v) is 27.6. The number of rotatable bonds is 17. The molecular weight excluding hydrogens is 1230 g/mol. The van der Waals surface area contributed by atoms with Crippen LogP contribution in [0.4, 0.5) is 34.1 Å². The van der Waals surface area contributed by atoms with Crippen LogP contribution < -0.4 is 26.2 Å². The Balaban J connectivity index is 0.000000147. The van der Waals surface area contributed by atoms with E-state index in [2.05, 4.69) is 352 Å². The highest BCUT2D eigenvalue weighted by atomic mass is 15.1. The first kappa shape index (κ1) is 72.8. The van der Waals surface area contributed by atoms with E-state index < -0.39 is 5.54 Å². The van der Waals surface area contributed by atoms with E-state index in [1.807, 2.05) is 61.2 Å². The highest BCUT2D eigenvalue weighted by Gasteiger charge is 2.31. The van der Waals surface area contributed by atoms with Crippen molar-refractivity contribution in [3.05, 3.63) is 355 Å². The van der Waals surface area contributed by atoms with Gasteiger partial charge in [0.15, 0.2) is 0 Å². The van der Waals surface area contributed by atoms with E-state index in [0.717, 1.165) is 40.2 Å². The summed E-state index contributed by atoms with van der Waals surface area (Å²) in [5.41, 5.74) is 30.9. The van der Waals surface area contributed by atoms with Gasteiger partial charge in [0.05, 0.1) is 40.4 Å². The molecule has 0 amide bonds. The number of hydrogen-bond donors (Lipinski definition) is 4. The first-order valence-corrected chi connectivity index (χ1v) is 35.0. The molecule has 3 atom stereocenters. The van der Waals surface area contributed by atoms with Gasteiger partial charge < -0.3 is 31.1 Å². The lowest BCUT2D eigenvalue weighted by Gasteiger charge is -2.33. The number of benzene rings is 9. The van der Waals surface area contributed by atoms with Crippen LogP contribution in [-0.2, 0) is 12.1 Å². The summed E-state index contributed by atoms with van der Waals surface area (Å²) in [7, 11) is 8.41. The second kappa shape index (κ2) is 33.3. The molecule has 0 spiro atoms. The molecule has 10 heteroatoms. The van der Waals surface area contributed by atoms with Crippen LogP contribution in [0.15, 0.2) is 249 Å². The zero-order valence-corrected chi connectivity index (χ0v) is 62.2. The van der Waals surface area contributed by atoms with Crippen LogP contribution in [0, 0.1) is 83.1 Å². The molecule has 4 N–H and O–H groups in total. The van der Waals surface area contributed by atoms with Gasteiger partial charge in [0, 0.05) is 84.6 Å². The number of hydrogen-bond acceptors (Lipinski definition) is 10. The minimum atomic E-state index is -0.396. The van der Waals surface area contributed by atoms with E-state index in [9.17, 15) is 0 Å². The Labute approximate surface area is 601 Å². The highest BCUT2D eigenvalue weighted by Crippen LogP contribution is 2.40. The van der Waals surface area contributed by atoms with Crippen LogP contribution in [0.1, 0.15) is 125 Å². The van der Waals surface area contributed by atoms with Crippen LogP contribution in [0.5, 0.6) is 0 Å². The molecule has 0 saturated carbocycles. The van der Waals surface area contributed by atoms with Gasteiger partial charge in [0.25, 0.3) is 0 Å². The predicted octanol–water partition coefficient (Wildman–Crippen LogP) is 22.0. The fraction of sp³-hybridized carbons (Fsp3) is 0.231. The SMILES string of the molecule is Cc1cc(C)c(NC(C)(c2ccccc2)c2ccccn2)c(C)c1.Cc1cc(C)c(NC(c2ccccn2)c2cccc3cccc(N(C)C)c23)c(C)c1.Cc1cc(C)c(NC(c2ccccn2)c2ccccc2CN(C)C)c(C)c1.Cc1cc(C)c(Nc2cccc3cccnc23)c(C)c1. The lowest BCUT2D eigenvalue weighted by Crippen LogP contribution is -2.34. The second-order valence-electron chi connectivity index (χ2n) is 27.6. The Bertz CT molecular complexity index is 4770. The molecule has 3 unspecified atom stereocenters. The fourth-order valence-electron chi connectivity index (χ4n) is 14.1. The van der Waals surface area contributed by atoms with Crippen LogP contribution in [-0.4, -0.2) is 53.0 Å². The maximum atomic E-state index is 4.73. The van der Waals surface area contributed by atoms with E-state index in [0.29, 0.717) is 0 Å². The van der Waals surface area contributed by atoms with Crippen LogP contribution in [0.2, 0.25) is 0 Å². The average molecular weight is 1330 g/mol. The molecule has 4 heterocycles. The average Bonchev–Trinajstić information content (AvgIpc) is 0.778. The van der Waals surface area contributed by atoms with E-state index in [-0.39, 0.29) is 12.1 Å². The highest BCUT2D eigenvalue weighted by molar-refractivity contribution is 5.98. The molecule has 0 aliphatic carbocycles. The first-order chi connectivity index (χ1) is 48.6. The van der Waals surface area contributed by atoms with Gasteiger partial charge in [0.1, 0.15) is 5.54 Å². The lowest BCUT2D eigenvalue weighted by atomic mass is 9.87. The van der Waals surface area contributed by atoms with Crippen molar-refractivity contribution in [2.75, 3.05) is 54.4 Å². The Morgan fingerprint density at radius 3 is 1.31 bits per heavy atom. The van der Waals surface area contributed by atoms with Gasteiger partial charge in [-0.25, -0.2) is 0 Å². The minimum Gasteiger partial charge on any atom is -0.377 e. The van der Waals surface area contributed by atoms with Gasteiger partial charge in [-0.05, 0) is 231 Å². The largest absolute Gasteiger partial charge is 0.377 e. The van der Waals surface area contributed by atoms with Crippen molar-refractivity contribution >= 4 is 55.8 Å². The van der Waals surface area contributed by atoms with Crippen molar-refractivity contribution in [2.24, 2.45) is 0 Å². The van der Waals surface area contributed by atoms with Crippen molar-refractivity contribution < 1.29 is 0 Å². The van der Waals surface area contributed by atoms with Gasteiger partial charge in [0.2, 0.25) is 0 Å². The number of aromatic nitrogens is 4. The normalized spacial score (nSPS) is 12.1. The first-order valence-electron chi connectivity index (χ1n) is 35.0. The maximum absolute atomic E-state index is 4.73. The molecule has 4 aromatic heterocycles. The summed E-state index contributed by atoms with van der Waals surface area (Å²) in [4.78, 5) is 22.9. The van der Waals surface area contributed by atoms with E-state index in [1.54, 1.807) is 0 Å². The summed E-state index contributed by atoms with van der Waals surface area (Å²) >= 11 is 0. The third-order valence-electron chi connectivity index (χ3n) is 18.6. The molecule has 13 aromatic rings. The third kappa shape index (κ3) is 17.9. The molecule has 10 nitrogen and oxygen atoms in total. The Kier molecular flexibility index (Phi) is 24.0. The Morgan fingerprint density at radius 2 is 0.802 bits per heavy atom. The molecular formula is C91H100N10. The Morgan fingerprint density at radius 1 is 0.376 bits per heavy atom. The molecule has 0 aliphatic rings. The van der Waals surface area contributed by atoms with Gasteiger partial charge in [-0.15, -0.1) is 0 Å². The van der Waals surface area contributed by atoms with Gasteiger partial charge >= 0.3 is 0 Å². The number of pyridine rings is 4. The lowest BCUT2D eigenvalue weighted by molar-refractivity contribution is 0.400. The zero-order chi connectivity index (χ0) is 71.9. The minimum absolute atomic E-state index is 0.00227.